The van der Waals surface area contributed by atoms with Crippen molar-refractivity contribution in [3.63, 3.8) is 0 Å². The summed E-state index contributed by atoms with van der Waals surface area (Å²) in [6.45, 7) is 7.53. The van der Waals surface area contributed by atoms with Crippen molar-refractivity contribution in [3.8, 4) is 0 Å². The number of halogens is 2. The summed E-state index contributed by atoms with van der Waals surface area (Å²) in [7, 11) is 0. The Morgan fingerprint density at radius 1 is 0.929 bits per heavy atom. The van der Waals surface area contributed by atoms with E-state index < -0.39 is 5.79 Å². The third-order valence-corrected chi connectivity index (χ3v) is 6.67. The summed E-state index contributed by atoms with van der Waals surface area (Å²) in [5.74, 6) is -0.224. The Kier molecular flexibility index (Phi) is 6.45. The molecule has 6 nitrogen and oxygen atoms in total. The van der Waals surface area contributed by atoms with Gasteiger partial charge in [0.2, 0.25) is 5.91 Å². The third-order valence-electron chi connectivity index (χ3n) is 5.96. The van der Waals surface area contributed by atoms with E-state index in [0.717, 1.165) is 51.1 Å². The molecular formula is C20H27Cl2N3O3. The number of likely N-dealkylation sites (tertiary alicyclic amines) is 1. The first-order valence-corrected chi connectivity index (χ1v) is 10.7. The lowest BCUT2D eigenvalue weighted by molar-refractivity contribution is -0.187. The predicted octanol–water partition coefficient (Wildman–Crippen LogP) is 2.48. The summed E-state index contributed by atoms with van der Waals surface area (Å²) in [4.78, 5) is 19.2. The molecule has 154 valence electrons. The number of hydrogen-bond acceptors (Lipinski definition) is 5. The number of benzene rings is 1. The molecule has 3 heterocycles. The second kappa shape index (κ2) is 8.86. The lowest BCUT2D eigenvalue weighted by Gasteiger charge is -2.39. The molecule has 0 unspecified atom stereocenters. The fourth-order valence-electron chi connectivity index (χ4n) is 4.19. The Bertz CT molecular complexity index is 674. The molecule has 3 saturated heterocycles. The van der Waals surface area contributed by atoms with Gasteiger partial charge >= 0.3 is 0 Å². The van der Waals surface area contributed by atoms with Crippen molar-refractivity contribution < 1.29 is 14.3 Å². The summed E-state index contributed by atoms with van der Waals surface area (Å²) in [5.41, 5.74) is 0.981. The van der Waals surface area contributed by atoms with E-state index in [-0.39, 0.29) is 5.91 Å². The molecule has 0 aliphatic carbocycles. The van der Waals surface area contributed by atoms with Gasteiger partial charge in [-0.3, -0.25) is 14.6 Å². The fourth-order valence-corrected chi connectivity index (χ4v) is 4.70. The SMILES string of the molecule is O=C(CN1CCN(Cc2c(Cl)cccc2Cl)CC1)N1CCC2(CC1)OCCO2. The number of nitrogens with zero attached hydrogens (tertiary/aromatic N) is 3. The van der Waals surface area contributed by atoms with Gasteiger partial charge in [-0.25, -0.2) is 0 Å². The van der Waals surface area contributed by atoms with Crippen LogP contribution in [-0.2, 0) is 20.8 Å². The molecule has 28 heavy (non-hydrogen) atoms. The lowest BCUT2D eigenvalue weighted by Crippen LogP contribution is -2.52. The van der Waals surface area contributed by atoms with Gasteiger partial charge in [0.25, 0.3) is 0 Å². The maximum absolute atomic E-state index is 12.7. The van der Waals surface area contributed by atoms with Gasteiger partial charge in [0, 0.05) is 74.3 Å². The highest BCUT2D eigenvalue weighted by Crippen LogP contribution is 2.31. The second-order valence-corrected chi connectivity index (χ2v) is 8.56. The van der Waals surface area contributed by atoms with Crippen LogP contribution in [0.3, 0.4) is 0 Å². The summed E-state index contributed by atoms with van der Waals surface area (Å²) >= 11 is 12.6. The van der Waals surface area contributed by atoms with Crippen LogP contribution in [0.25, 0.3) is 0 Å². The first kappa shape index (κ1) is 20.4. The Hall–Kier alpha value is -0.890. The van der Waals surface area contributed by atoms with Crippen LogP contribution in [0.2, 0.25) is 10.0 Å². The first-order chi connectivity index (χ1) is 13.5. The molecule has 0 aromatic heterocycles. The van der Waals surface area contributed by atoms with Crippen molar-refractivity contribution in [2.75, 3.05) is 59.0 Å². The Balaban J connectivity index is 1.22. The molecule has 0 saturated carbocycles. The number of carbonyl (C=O) groups excluding carboxylic acids is 1. The quantitative estimate of drug-likeness (QED) is 0.738. The molecular weight excluding hydrogens is 401 g/mol. The van der Waals surface area contributed by atoms with Crippen LogP contribution in [0.15, 0.2) is 18.2 Å². The van der Waals surface area contributed by atoms with Gasteiger partial charge in [-0.15, -0.1) is 0 Å². The lowest BCUT2D eigenvalue weighted by atomic mass is 10.0. The Labute approximate surface area is 176 Å². The zero-order valence-electron chi connectivity index (χ0n) is 16.0. The minimum atomic E-state index is -0.428. The number of amides is 1. The normalized spacial score (nSPS) is 23.4. The molecule has 1 amide bonds. The smallest absolute Gasteiger partial charge is 0.236 e. The number of hydrogen-bond donors (Lipinski definition) is 0. The highest BCUT2D eigenvalue weighted by atomic mass is 35.5. The second-order valence-electron chi connectivity index (χ2n) is 7.74. The van der Waals surface area contributed by atoms with Gasteiger partial charge in [-0.1, -0.05) is 29.3 Å². The Morgan fingerprint density at radius 3 is 2.11 bits per heavy atom. The largest absolute Gasteiger partial charge is 0.347 e. The first-order valence-electron chi connectivity index (χ1n) is 9.98. The van der Waals surface area contributed by atoms with Crippen LogP contribution in [0.4, 0.5) is 0 Å². The van der Waals surface area contributed by atoms with Crippen molar-refractivity contribution in [1.29, 1.82) is 0 Å². The van der Waals surface area contributed by atoms with Crippen LogP contribution in [0, 0.1) is 0 Å². The van der Waals surface area contributed by atoms with Gasteiger partial charge in [-0.05, 0) is 12.1 Å². The molecule has 1 aromatic rings. The van der Waals surface area contributed by atoms with Crippen molar-refractivity contribution in [2.24, 2.45) is 0 Å². The van der Waals surface area contributed by atoms with Crippen LogP contribution in [0.1, 0.15) is 18.4 Å². The molecule has 0 N–H and O–H groups in total. The average Bonchev–Trinajstić information content (AvgIpc) is 3.14. The third kappa shape index (κ3) is 4.64. The fraction of sp³-hybridized carbons (Fsp3) is 0.650. The maximum atomic E-state index is 12.7. The standard InChI is InChI=1S/C20H27Cl2N3O3/c21-17-2-1-3-18(22)16(17)14-23-8-10-24(11-9-23)15-19(26)25-6-4-20(5-7-25)27-12-13-28-20/h1-3H,4-15H2. The molecule has 3 aliphatic heterocycles. The van der Waals surface area contributed by atoms with Gasteiger partial charge < -0.3 is 14.4 Å². The molecule has 1 spiro atoms. The number of piperidine rings is 1. The van der Waals surface area contributed by atoms with Gasteiger partial charge in [-0.2, -0.15) is 0 Å². The number of rotatable bonds is 4. The van der Waals surface area contributed by atoms with Crippen molar-refractivity contribution in [1.82, 2.24) is 14.7 Å². The predicted molar refractivity (Wildman–Crippen MR) is 109 cm³/mol. The van der Waals surface area contributed by atoms with E-state index in [4.69, 9.17) is 32.7 Å². The van der Waals surface area contributed by atoms with Crippen molar-refractivity contribution in [2.45, 2.75) is 25.2 Å². The van der Waals surface area contributed by atoms with E-state index in [2.05, 4.69) is 9.80 Å². The van der Waals surface area contributed by atoms with Crippen molar-refractivity contribution in [3.05, 3.63) is 33.8 Å². The van der Waals surface area contributed by atoms with Crippen LogP contribution in [0.5, 0.6) is 0 Å². The topological polar surface area (TPSA) is 45.3 Å². The monoisotopic (exact) mass is 427 g/mol. The minimum absolute atomic E-state index is 0.204. The average molecular weight is 428 g/mol. The highest BCUT2D eigenvalue weighted by Gasteiger charge is 2.40. The maximum Gasteiger partial charge on any atom is 0.236 e. The number of carbonyl (C=O) groups is 1. The molecule has 3 fully saturated rings. The molecule has 1 aromatic carbocycles. The molecule has 8 heteroatoms. The summed E-state index contributed by atoms with van der Waals surface area (Å²) in [6, 6.07) is 5.62. The van der Waals surface area contributed by atoms with E-state index in [1.54, 1.807) is 0 Å². The highest BCUT2D eigenvalue weighted by molar-refractivity contribution is 6.35. The summed E-state index contributed by atoms with van der Waals surface area (Å²) in [6.07, 6.45) is 1.54. The van der Waals surface area contributed by atoms with E-state index in [1.165, 1.54) is 0 Å². The van der Waals surface area contributed by atoms with E-state index in [9.17, 15) is 4.79 Å². The minimum Gasteiger partial charge on any atom is -0.347 e. The Morgan fingerprint density at radius 2 is 1.50 bits per heavy atom. The summed E-state index contributed by atoms with van der Waals surface area (Å²) < 4.78 is 11.5. The summed E-state index contributed by atoms with van der Waals surface area (Å²) in [5, 5.41) is 1.42. The van der Waals surface area contributed by atoms with Gasteiger partial charge in [0.1, 0.15) is 0 Å². The number of ether oxygens (including phenoxy) is 2. The molecule has 3 aliphatic rings. The number of piperazine rings is 1. The van der Waals surface area contributed by atoms with Crippen molar-refractivity contribution >= 4 is 29.1 Å². The van der Waals surface area contributed by atoms with E-state index in [0.29, 0.717) is 42.9 Å². The van der Waals surface area contributed by atoms with E-state index in [1.807, 2.05) is 23.1 Å². The molecule has 4 rings (SSSR count). The van der Waals surface area contributed by atoms with Crippen LogP contribution in [-0.4, -0.2) is 85.4 Å². The van der Waals surface area contributed by atoms with E-state index >= 15 is 0 Å². The zero-order valence-corrected chi connectivity index (χ0v) is 17.6. The molecule has 0 radical (unpaired) electrons. The van der Waals surface area contributed by atoms with Gasteiger partial charge in [0.05, 0.1) is 19.8 Å². The van der Waals surface area contributed by atoms with Gasteiger partial charge in [0.15, 0.2) is 5.79 Å². The zero-order chi connectivity index (χ0) is 19.6. The van der Waals surface area contributed by atoms with Crippen LogP contribution >= 0.6 is 23.2 Å². The van der Waals surface area contributed by atoms with Crippen LogP contribution < -0.4 is 0 Å². The molecule has 0 atom stereocenters. The molecule has 0 bridgehead atoms.